The number of rotatable bonds is 8. The second-order valence-corrected chi connectivity index (χ2v) is 5.29. The van der Waals surface area contributed by atoms with Crippen LogP contribution < -0.4 is 15.4 Å². The van der Waals surface area contributed by atoms with Gasteiger partial charge in [0, 0.05) is 24.8 Å². The molecule has 5 nitrogen and oxygen atoms in total. The van der Waals surface area contributed by atoms with Gasteiger partial charge in [-0.2, -0.15) is 0 Å². The Morgan fingerprint density at radius 1 is 1.33 bits per heavy atom. The second-order valence-electron chi connectivity index (χ2n) is 5.29. The molecule has 0 atom stereocenters. The summed E-state index contributed by atoms with van der Waals surface area (Å²) in [5.41, 5.74) is 0.812. The molecule has 1 heterocycles. The minimum atomic E-state index is 0.0412. The van der Waals surface area contributed by atoms with E-state index in [-0.39, 0.29) is 5.91 Å². The average molecular weight is 291 g/mol. The topological polar surface area (TPSA) is 53.6 Å². The summed E-state index contributed by atoms with van der Waals surface area (Å²) in [6.45, 7) is 8.12. The Bertz CT molecular complexity index is 443. The molecule has 0 bridgehead atoms. The van der Waals surface area contributed by atoms with Crippen molar-refractivity contribution in [3.63, 3.8) is 0 Å². The van der Waals surface area contributed by atoms with Crippen molar-refractivity contribution in [3.05, 3.63) is 24.3 Å². The average Bonchev–Trinajstić information content (AvgIpc) is 2.39. The molecule has 21 heavy (non-hydrogen) atoms. The van der Waals surface area contributed by atoms with Crippen molar-refractivity contribution in [2.45, 2.75) is 26.3 Å². The highest BCUT2D eigenvalue weighted by Crippen LogP contribution is 2.15. The molecule has 2 N–H and O–H groups in total. The monoisotopic (exact) mass is 291 g/mol. The van der Waals surface area contributed by atoms with Crippen LogP contribution in [-0.4, -0.2) is 49.6 Å². The van der Waals surface area contributed by atoms with Crippen LogP contribution in [-0.2, 0) is 4.79 Å². The third kappa shape index (κ3) is 4.72. The zero-order valence-corrected chi connectivity index (χ0v) is 12.9. The molecule has 1 aromatic carbocycles. The minimum absolute atomic E-state index is 0.0412. The number of carbonyl (C=O) groups is 1. The van der Waals surface area contributed by atoms with E-state index in [0.29, 0.717) is 19.2 Å². The molecule has 1 fully saturated rings. The first kappa shape index (κ1) is 15.8. The Morgan fingerprint density at radius 3 is 2.57 bits per heavy atom. The summed E-state index contributed by atoms with van der Waals surface area (Å²) in [6, 6.07) is 7.99. The predicted molar refractivity (Wildman–Crippen MR) is 84.8 cm³/mol. The van der Waals surface area contributed by atoms with E-state index >= 15 is 0 Å². The van der Waals surface area contributed by atoms with E-state index in [2.05, 4.69) is 22.5 Å². The Morgan fingerprint density at radius 2 is 2.05 bits per heavy atom. The third-order valence-electron chi connectivity index (χ3n) is 3.58. The van der Waals surface area contributed by atoms with E-state index in [4.69, 9.17) is 4.74 Å². The smallest absolute Gasteiger partial charge is 0.238 e. The second kappa shape index (κ2) is 8.00. The van der Waals surface area contributed by atoms with Crippen molar-refractivity contribution in [2.75, 3.05) is 38.1 Å². The largest absolute Gasteiger partial charge is 0.494 e. The molecule has 0 aliphatic carbocycles. The van der Waals surface area contributed by atoms with Gasteiger partial charge in [0.2, 0.25) is 5.91 Å². The standard InChI is InChI=1S/C16H25N3O2/c1-3-9-19(14-10-17-11-14)12-16(20)18-13-5-7-15(8-6-13)21-4-2/h5-8,14,17H,3-4,9-12H2,1-2H3,(H,18,20). The van der Waals surface area contributed by atoms with Crippen molar-refractivity contribution in [1.82, 2.24) is 10.2 Å². The first-order valence-electron chi connectivity index (χ1n) is 7.70. The van der Waals surface area contributed by atoms with Crippen molar-refractivity contribution in [2.24, 2.45) is 0 Å². The molecule has 116 valence electrons. The van der Waals surface area contributed by atoms with Crippen LogP contribution in [0.5, 0.6) is 5.75 Å². The summed E-state index contributed by atoms with van der Waals surface area (Å²) >= 11 is 0. The highest BCUT2D eigenvalue weighted by atomic mass is 16.5. The first-order chi connectivity index (χ1) is 10.2. The maximum absolute atomic E-state index is 12.1. The fraction of sp³-hybridized carbons (Fsp3) is 0.562. The number of anilines is 1. The Hall–Kier alpha value is -1.59. The van der Waals surface area contributed by atoms with Crippen LogP contribution in [0.1, 0.15) is 20.3 Å². The molecule has 0 radical (unpaired) electrons. The van der Waals surface area contributed by atoms with Crippen LogP contribution >= 0.6 is 0 Å². The Kier molecular flexibility index (Phi) is 6.02. The van der Waals surface area contributed by atoms with E-state index in [1.165, 1.54) is 0 Å². The van der Waals surface area contributed by atoms with Crippen LogP contribution in [0.4, 0.5) is 5.69 Å². The maximum Gasteiger partial charge on any atom is 0.238 e. The Labute approximate surface area is 126 Å². The first-order valence-corrected chi connectivity index (χ1v) is 7.70. The van der Waals surface area contributed by atoms with Gasteiger partial charge in [-0.15, -0.1) is 0 Å². The van der Waals surface area contributed by atoms with E-state index in [0.717, 1.165) is 37.5 Å². The van der Waals surface area contributed by atoms with Crippen molar-refractivity contribution < 1.29 is 9.53 Å². The molecule has 1 saturated heterocycles. The van der Waals surface area contributed by atoms with Crippen molar-refractivity contribution in [1.29, 1.82) is 0 Å². The number of amides is 1. The molecule has 1 aliphatic rings. The fourth-order valence-electron chi connectivity index (χ4n) is 2.40. The van der Waals surface area contributed by atoms with Crippen LogP contribution in [0.15, 0.2) is 24.3 Å². The molecular weight excluding hydrogens is 266 g/mol. The van der Waals surface area contributed by atoms with Gasteiger partial charge in [-0.05, 0) is 44.2 Å². The van der Waals surface area contributed by atoms with Gasteiger partial charge < -0.3 is 15.4 Å². The molecule has 2 rings (SSSR count). The molecule has 0 unspecified atom stereocenters. The highest BCUT2D eigenvalue weighted by Gasteiger charge is 2.25. The van der Waals surface area contributed by atoms with Gasteiger partial charge in [-0.25, -0.2) is 0 Å². The predicted octanol–water partition coefficient (Wildman–Crippen LogP) is 1.71. The molecule has 1 amide bonds. The van der Waals surface area contributed by atoms with Gasteiger partial charge in [-0.1, -0.05) is 6.92 Å². The number of hydrogen-bond acceptors (Lipinski definition) is 4. The molecule has 0 saturated carbocycles. The van der Waals surface area contributed by atoms with E-state index in [1.807, 2.05) is 31.2 Å². The van der Waals surface area contributed by atoms with E-state index in [1.54, 1.807) is 0 Å². The lowest BCUT2D eigenvalue weighted by Gasteiger charge is -2.37. The number of ether oxygens (including phenoxy) is 1. The number of hydrogen-bond donors (Lipinski definition) is 2. The third-order valence-corrected chi connectivity index (χ3v) is 3.58. The van der Waals surface area contributed by atoms with Crippen molar-refractivity contribution in [3.8, 4) is 5.75 Å². The molecule has 1 aromatic rings. The van der Waals surface area contributed by atoms with Crippen LogP contribution in [0.2, 0.25) is 0 Å². The van der Waals surface area contributed by atoms with Crippen LogP contribution in [0.3, 0.4) is 0 Å². The van der Waals surface area contributed by atoms with Gasteiger partial charge in [0.25, 0.3) is 0 Å². The minimum Gasteiger partial charge on any atom is -0.494 e. The number of carbonyl (C=O) groups excluding carboxylic acids is 1. The summed E-state index contributed by atoms with van der Waals surface area (Å²) in [4.78, 5) is 14.4. The fourth-order valence-corrected chi connectivity index (χ4v) is 2.40. The zero-order valence-electron chi connectivity index (χ0n) is 12.9. The quantitative estimate of drug-likeness (QED) is 0.765. The summed E-state index contributed by atoms with van der Waals surface area (Å²) in [6.07, 6.45) is 1.06. The molecule has 0 aromatic heterocycles. The molecule has 5 heteroatoms. The van der Waals surface area contributed by atoms with Gasteiger partial charge >= 0.3 is 0 Å². The lowest BCUT2D eigenvalue weighted by Crippen LogP contribution is -2.58. The number of nitrogens with zero attached hydrogens (tertiary/aromatic N) is 1. The van der Waals surface area contributed by atoms with Gasteiger partial charge in [0.15, 0.2) is 0 Å². The Balaban J connectivity index is 1.84. The summed E-state index contributed by atoms with van der Waals surface area (Å²) in [5.74, 6) is 0.864. The summed E-state index contributed by atoms with van der Waals surface area (Å²) < 4.78 is 5.39. The van der Waals surface area contributed by atoms with Gasteiger partial charge in [0.05, 0.1) is 13.2 Å². The number of benzene rings is 1. The molecule has 0 spiro atoms. The number of nitrogens with one attached hydrogen (secondary N) is 2. The van der Waals surface area contributed by atoms with Crippen molar-refractivity contribution >= 4 is 11.6 Å². The lowest BCUT2D eigenvalue weighted by atomic mass is 10.1. The lowest BCUT2D eigenvalue weighted by molar-refractivity contribution is -0.118. The van der Waals surface area contributed by atoms with Crippen LogP contribution in [0, 0.1) is 0 Å². The van der Waals surface area contributed by atoms with Gasteiger partial charge in [0.1, 0.15) is 5.75 Å². The zero-order chi connectivity index (χ0) is 15.1. The summed E-state index contributed by atoms with van der Waals surface area (Å²) in [7, 11) is 0. The highest BCUT2D eigenvalue weighted by molar-refractivity contribution is 5.92. The normalized spacial score (nSPS) is 14.8. The van der Waals surface area contributed by atoms with Crippen LogP contribution in [0.25, 0.3) is 0 Å². The summed E-state index contributed by atoms with van der Waals surface area (Å²) in [5, 5.41) is 6.20. The van der Waals surface area contributed by atoms with E-state index in [9.17, 15) is 4.79 Å². The molecule has 1 aliphatic heterocycles. The molecular formula is C16H25N3O2. The maximum atomic E-state index is 12.1. The SMILES string of the molecule is CCCN(CC(=O)Nc1ccc(OCC)cc1)C1CNC1. The van der Waals surface area contributed by atoms with Gasteiger partial charge in [-0.3, -0.25) is 9.69 Å². The van der Waals surface area contributed by atoms with E-state index < -0.39 is 0 Å².